The Morgan fingerprint density at radius 1 is 1.62 bits per heavy atom. The third kappa shape index (κ3) is 3.05. The first-order valence-corrected chi connectivity index (χ1v) is 5.26. The summed E-state index contributed by atoms with van der Waals surface area (Å²) in [6.07, 6.45) is -0.705. The number of hydrogen-bond donors (Lipinski definition) is 0. The van der Waals surface area contributed by atoms with E-state index in [2.05, 4.69) is 11.7 Å². The number of nitrogens with zero attached hydrogens (tertiary/aromatic N) is 2. The SMILES string of the molecule is C=NC[C@@H]1CN(CC(=O)C(C)(C)C)C(=O)O1. The highest BCUT2D eigenvalue weighted by atomic mass is 16.6. The van der Waals surface area contributed by atoms with Crippen LogP contribution in [0.25, 0.3) is 0 Å². The van der Waals surface area contributed by atoms with Crippen LogP contribution >= 0.6 is 0 Å². The van der Waals surface area contributed by atoms with Gasteiger partial charge in [-0.1, -0.05) is 20.8 Å². The van der Waals surface area contributed by atoms with Crippen molar-refractivity contribution in [3.63, 3.8) is 0 Å². The number of ketones is 1. The van der Waals surface area contributed by atoms with E-state index in [4.69, 9.17) is 4.74 Å². The van der Waals surface area contributed by atoms with E-state index in [1.807, 2.05) is 20.8 Å². The normalized spacial score (nSPS) is 20.8. The van der Waals surface area contributed by atoms with Crippen molar-refractivity contribution >= 4 is 18.6 Å². The van der Waals surface area contributed by atoms with Crippen molar-refractivity contribution in [2.75, 3.05) is 19.6 Å². The highest BCUT2D eigenvalue weighted by molar-refractivity contribution is 5.88. The predicted octanol–water partition coefficient (Wildman–Crippen LogP) is 1.12. The summed E-state index contributed by atoms with van der Waals surface area (Å²) in [4.78, 5) is 28.3. The maximum Gasteiger partial charge on any atom is 0.410 e. The first kappa shape index (κ1) is 12.7. The van der Waals surface area contributed by atoms with E-state index in [0.29, 0.717) is 13.1 Å². The molecule has 5 heteroatoms. The summed E-state index contributed by atoms with van der Waals surface area (Å²) in [6, 6.07) is 0. The molecule has 1 amide bonds. The van der Waals surface area contributed by atoms with Gasteiger partial charge in [0.15, 0.2) is 5.78 Å². The number of ether oxygens (including phenoxy) is 1. The predicted molar refractivity (Wildman–Crippen MR) is 60.7 cm³/mol. The highest BCUT2D eigenvalue weighted by Crippen LogP contribution is 2.18. The van der Waals surface area contributed by atoms with Crippen LogP contribution in [0.5, 0.6) is 0 Å². The fourth-order valence-electron chi connectivity index (χ4n) is 1.35. The van der Waals surface area contributed by atoms with Crippen LogP contribution in [0.3, 0.4) is 0 Å². The summed E-state index contributed by atoms with van der Waals surface area (Å²) in [6.45, 7) is 9.75. The Morgan fingerprint density at radius 3 is 2.75 bits per heavy atom. The molecule has 0 bridgehead atoms. The first-order valence-electron chi connectivity index (χ1n) is 5.26. The molecule has 1 heterocycles. The van der Waals surface area contributed by atoms with E-state index in [1.54, 1.807) is 0 Å². The molecule has 0 N–H and O–H groups in total. The zero-order valence-corrected chi connectivity index (χ0v) is 10.0. The van der Waals surface area contributed by atoms with Gasteiger partial charge < -0.3 is 4.74 Å². The van der Waals surface area contributed by atoms with Crippen molar-refractivity contribution in [2.24, 2.45) is 10.4 Å². The van der Waals surface area contributed by atoms with Crippen LogP contribution in [0, 0.1) is 5.41 Å². The number of Topliss-reactive ketones (excluding diaryl/α,β-unsaturated/α-hetero) is 1. The van der Waals surface area contributed by atoms with Crippen molar-refractivity contribution in [2.45, 2.75) is 26.9 Å². The molecule has 0 aliphatic carbocycles. The van der Waals surface area contributed by atoms with Crippen molar-refractivity contribution in [1.82, 2.24) is 4.90 Å². The summed E-state index contributed by atoms with van der Waals surface area (Å²) in [5.74, 6) is 0.0247. The molecule has 0 unspecified atom stereocenters. The fourth-order valence-corrected chi connectivity index (χ4v) is 1.35. The molecule has 1 fully saturated rings. The molecule has 1 aliphatic rings. The van der Waals surface area contributed by atoms with Crippen molar-refractivity contribution in [3.8, 4) is 0 Å². The second-order valence-corrected chi connectivity index (χ2v) is 4.97. The van der Waals surface area contributed by atoms with E-state index >= 15 is 0 Å². The fraction of sp³-hybridized carbons (Fsp3) is 0.727. The van der Waals surface area contributed by atoms with Gasteiger partial charge in [-0.05, 0) is 6.72 Å². The molecule has 1 rings (SSSR count). The van der Waals surface area contributed by atoms with Gasteiger partial charge in [-0.25, -0.2) is 4.79 Å². The number of aliphatic imine (C=N–C) groups is 1. The molecule has 1 aliphatic heterocycles. The second-order valence-electron chi connectivity index (χ2n) is 4.97. The molecular weight excluding hydrogens is 208 g/mol. The topological polar surface area (TPSA) is 59.0 Å². The van der Waals surface area contributed by atoms with Crippen LogP contribution in [-0.4, -0.2) is 49.2 Å². The molecule has 0 spiro atoms. The zero-order chi connectivity index (χ0) is 12.3. The maximum atomic E-state index is 11.7. The number of carbonyl (C=O) groups is 2. The van der Waals surface area contributed by atoms with E-state index in [9.17, 15) is 9.59 Å². The van der Waals surface area contributed by atoms with E-state index in [0.717, 1.165) is 0 Å². The van der Waals surface area contributed by atoms with Crippen molar-refractivity contribution in [1.29, 1.82) is 0 Å². The Labute approximate surface area is 95.5 Å². The number of amides is 1. The highest BCUT2D eigenvalue weighted by Gasteiger charge is 2.34. The minimum atomic E-state index is -0.439. The third-order valence-electron chi connectivity index (χ3n) is 2.45. The second kappa shape index (κ2) is 4.63. The summed E-state index contributed by atoms with van der Waals surface area (Å²) in [5, 5.41) is 0. The molecule has 5 nitrogen and oxygen atoms in total. The van der Waals surface area contributed by atoms with Gasteiger partial charge in [-0.2, -0.15) is 0 Å². The lowest BCUT2D eigenvalue weighted by atomic mass is 9.90. The number of hydrogen-bond acceptors (Lipinski definition) is 4. The van der Waals surface area contributed by atoms with Gasteiger partial charge in [-0.15, -0.1) is 0 Å². The molecular formula is C11H18N2O3. The van der Waals surface area contributed by atoms with Crippen LogP contribution in [0.2, 0.25) is 0 Å². The van der Waals surface area contributed by atoms with E-state index in [1.165, 1.54) is 4.90 Å². The minimum absolute atomic E-state index is 0.0247. The summed E-state index contributed by atoms with van der Waals surface area (Å²) < 4.78 is 5.03. The van der Waals surface area contributed by atoms with Crippen molar-refractivity contribution < 1.29 is 14.3 Å². The largest absolute Gasteiger partial charge is 0.442 e. The molecule has 0 aromatic carbocycles. The smallest absolute Gasteiger partial charge is 0.410 e. The average molecular weight is 226 g/mol. The van der Waals surface area contributed by atoms with E-state index < -0.39 is 11.5 Å². The standard InChI is InChI=1S/C11H18N2O3/c1-11(2,3)9(14)7-13-6-8(5-12-4)16-10(13)15/h8H,4-7H2,1-3H3/t8-/m1/s1. The molecule has 16 heavy (non-hydrogen) atoms. The van der Waals surface area contributed by atoms with Crippen molar-refractivity contribution in [3.05, 3.63) is 0 Å². The van der Waals surface area contributed by atoms with Gasteiger partial charge in [0.2, 0.25) is 0 Å². The van der Waals surface area contributed by atoms with Crippen LogP contribution < -0.4 is 0 Å². The van der Waals surface area contributed by atoms with Crippen LogP contribution in [0.1, 0.15) is 20.8 Å². The molecule has 1 atom stereocenters. The lowest BCUT2D eigenvalue weighted by Gasteiger charge is -2.20. The molecule has 0 saturated carbocycles. The minimum Gasteiger partial charge on any atom is -0.442 e. The van der Waals surface area contributed by atoms with Gasteiger partial charge >= 0.3 is 6.09 Å². The Kier molecular flexibility index (Phi) is 3.67. The monoisotopic (exact) mass is 226 g/mol. The van der Waals surface area contributed by atoms with Gasteiger partial charge in [0.05, 0.1) is 19.6 Å². The van der Waals surface area contributed by atoms with Crippen LogP contribution in [0.4, 0.5) is 4.79 Å². The lowest BCUT2D eigenvalue weighted by Crippen LogP contribution is -2.36. The number of cyclic esters (lactones) is 1. The Bertz CT molecular complexity index is 307. The van der Waals surface area contributed by atoms with Gasteiger partial charge in [0, 0.05) is 5.41 Å². The average Bonchev–Trinajstić information content (AvgIpc) is 2.46. The molecule has 0 aromatic heterocycles. The molecule has 0 radical (unpaired) electrons. The maximum absolute atomic E-state index is 11.7. The summed E-state index contributed by atoms with van der Waals surface area (Å²) >= 11 is 0. The molecule has 1 saturated heterocycles. The van der Waals surface area contributed by atoms with E-state index in [-0.39, 0.29) is 18.4 Å². The molecule has 90 valence electrons. The zero-order valence-electron chi connectivity index (χ0n) is 10.0. The Balaban J connectivity index is 2.53. The Hall–Kier alpha value is -1.39. The Morgan fingerprint density at radius 2 is 2.25 bits per heavy atom. The summed E-state index contributed by atoms with van der Waals surface area (Å²) in [5.41, 5.74) is -0.435. The third-order valence-corrected chi connectivity index (χ3v) is 2.45. The van der Waals surface area contributed by atoms with Gasteiger partial charge in [0.25, 0.3) is 0 Å². The van der Waals surface area contributed by atoms with Crippen LogP contribution in [-0.2, 0) is 9.53 Å². The summed E-state index contributed by atoms with van der Waals surface area (Å²) in [7, 11) is 0. The van der Waals surface area contributed by atoms with Gasteiger partial charge in [-0.3, -0.25) is 14.7 Å². The molecule has 0 aromatic rings. The first-order chi connectivity index (χ1) is 7.34. The van der Waals surface area contributed by atoms with Gasteiger partial charge in [0.1, 0.15) is 6.10 Å². The van der Waals surface area contributed by atoms with Crippen LogP contribution in [0.15, 0.2) is 4.99 Å². The number of carbonyl (C=O) groups excluding carboxylic acids is 2. The quantitative estimate of drug-likeness (QED) is 0.675. The number of rotatable bonds is 4. The lowest BCUT2D eigenvalue weighted by molar-refractivity contribution is -0.126.